The van der Waals surface area contributed by atoms with Crippen LogP contribution in [-0.4, -0.2) is 21.6 Å². The maximum atomic E-state index is 12.2. The number of hydrogen-bond acceptors (Lipinski definition) is 6. The summed E-state index contributed by atoms with van der Waals surface area (Å²) in [5.74, 6) is -0.508. The fourth-order valence-corrected chi connectivity index (χ4v) is 1.73. The first kappa shape index (κ1) is 13.9. The monoisotopic (exact) mass is 292 g/mol. The Hall–Kier alpha value is -2.48. The maximum absolute atomic E-state index is 12.2. The minimum atomic E-state index is -0.593. The van der Waals surface area contributed by atoms with E-state index in [4.69, 9.17) is 4.84 Å². The van der Waals surface area contributed by atoms with Crippen LogP contribution in [0.3, 0.4) is 0 Å². The summed E-state index contributed by atoms with van der Waals surface area (Å²) >= 11 is 1.03. The topological polar surface area (TPSA) is 84.4 Å². The number of benzene rings is 1. The molecule has 20 heavy (non-hydrogen) atoms. The number of aromatic nitrogens is 2. The molecule has 0 bridgehead atoms. The van der Waals surface area contributed by atoms with Crippen LogP contribution >= 0.6 is 11.5 Å². The Morgan fingerprint density at radius 2 is 2.10 bits per heavy atom. The summed E-state index contributed by atoms with van der Waals surface area (Å²) in [6.07, 6.45) is 1.58. The number of rotatable bonds is 3. The highest BCUT2D eigenvalue weighted by molar-refractivity contribution is 7.10. The van der Waals surface area contributed by atoms with Gasteiger partial charge in [-0.05, 0) is 12.1 Å². The molecule has 1 aromatic carbocycles. The SMILES string of the molecule is CCC(=O)ON(C(=O)Nc1cnns1)c1ccccc1. The highest BCUT2D eigenvalue weighted by Crippen LogP contribution is 2.17. The smallest absolute Gasteiger partial charge is 0.332 e. The number of para-hydroxylation sites is 1. The second-order valence-corrected chi connectivity index (χ2v) is 4.44. The lowest BCUT2D eigenvalue weighted by Gasteiger charge is -2.20. The van der Waals surface area contributed by atoms with Crippen molar-refractivity contribution in [3.05, 3.63) is 36.5 Å². The van der Waals surface area contributed by atoms with Crippen molar-refractivity contribution in [3.8, 4) is 0 Å². The van der Waals surface area contributed by atoms with Gasteiger partial charge in [-0.25, -0.2) is 9.59 Å². The van der Waals surface area contributed by atoms with E-state index in [1.807, 2.05) is 0 Å². The number of hydrogen-bond donors (Lipinski definition) is 1. The first-order valence-electron chi connectivity index (χ1n) is 5.85. The first-order valence-corrected chi connectivity index (χ1v) is 6.62. The van der Waals surface area contributed by atoms with Crippen molar-refractivity contribution in [3.63, 3.8) is 0 Å². The van der Waals surface area contributed by atoms with Gasteiger partial charge >= 0.3 is 12.0 Å². The average Bonchev–Trinajstić information content (AvgIpc) is 2.98. The highest BCUT2D eigenvalue weighted by Gasteiger charge is 2.20. The molecule has 0 aliphatic rings. The predicted octanol–water partition coefficient (Wildman–Crippen LogP) is 2.44. The maximum Gasteiger partial charge on any atom is 0.360 e. The normalized spacial score (nSPS) is 9.85. The Kier molecular flexibility index (Phi) is 4.61. The van der Waals surface area contributed by atoms with E-state index >= 15 is 0 Å². The third-order valence-electron chi connectivity index (χ3n) is 2.25. The van der Waals surface area contributed by atoms with E-state index in [1.165, 1.54) is 6.20 Å². The highest BCUT2D eigenvalue weighted by atomic mass is 32.1. The van der Waals surface area contributed by atoms with Crippen LogP contribution in [-0.2, 0) is 9.63 Å². The molecule has 1 aromatic heterocycles. The molecular formula is C12H12N4O3S. The zero-order valence-electron chi connectivity index (χ0n) is 10.6. The van der Waals surface area contributed by atoms with Crippen molar-refractivity contribution in [2.24, 2.45) is 0 Å². The quantitative estimate of drug-likeness (QED) is 0.878. The number of carbonyl (C=O) groups is 2. The van der Waals surface area contributed by atoms with E-state index in [-0.39, 0.29) is 6.42 Å². The van der Waals surface area contributed by atoms with E-state index in [9.17, 15) is 9.59 Å². The number of nitrogens with one attached hydrogen (secondary N) is 1. The summed E-state index contributed by atoms with van der Waals surface area (Å²) in [6, 6.07) is 8.01. The number of amides is 2. The number of urea groups is 1. The first-order chi connectivity index (χ1) is 9.70. The molecule has 0 fully saturated rings. The molecule has 0 aliphatic carbocycles. The fraction of sp³-hybridized carbons (Fsp3) is 0.167. The van der Waals surface area contributed by atoms with Crippen molar-refractivity contribution in [2.45, 2.75) is 13.3 Å². The third-order valence-corrected chi connectivity index (χ3v) is 2.83. The number of anilines is 2. The molecular weight excluding hydrogens is 280 g/mol. The van der Waals surface area contributed by atoms with Crippen LogP contribution in [0, 0.1) is 0 Å². The van der Waals surface area contributed by atoms with E-state index in [0.29, 0.717) is 10.7 Å². The van der Waals surface area contributed by atoms with Crippen LogP contribution in [0.15, 0.2) is 36.5 Å². The van der Waals surface area contributed by atoms with Crippen LogP contribution in [0.1, 0.15) is 13.3 Å². The summed E-state index contributed by atoms with van der Waals surface area (Å²) in [5.41, 5.74) is 0.448. The lowest BCUT2D eigenvalue weighted by molar-refractivity contribution is -0.143. The van der Waals surface area contributed by atoms with Gasteiger partial charge in [0.1, 0.15) is 5.00 Å². The fourth-order valence-electron chi connectivity index (χ4n) is 1.32. The lowest BCUT2D eigenvalue weighted by atomic mass is 10.3. The molecule has 0 saturated carbocycles. The van der Waals surface area contributed by atoms with E-state index in [0.717, 1.165) is 16.6 Å². The van der Waals surface area contributed by atoms with Crippen LogP contribution < -0.4 is 10.4 Å². The number of hydroxylamine groups is 1. The molecule has 2 rings (SSSR count). The molecule has 0 saturated heterocycles. The van der Waals surface area contributed by atoms with Crippen LogP contribution in [0.2, 0.25) is 0 Å². The molecule has 0 unspecified atom stereocenters. The molecule has 2 aromatic rings. The van der Waals surface area contributed by atoms with Crippen LogP contribution in [0.4, 0.5) is 15.5 Å². The number of carbonyl (C=O) groups excluding carboxylic acids is 2. The second kappa shape index (κ2) is 6.62. The van der Waals surface area contributed by atoms with Crippen LogP contribution in [0.25, 0.3) is 0 Å². The molecule has 0 spiro atoms. The Morgan fingerprint density at radius 3 is 2.70 bits per heavy atom. The summed E-state index contributed by atoms with van der Waals surface area (Å²) in [4.78, 5) is 28.6. The van der Waals surface area contributed by atoms with Gasteiger partial charge in [-0.3, -0.25) is 5.32 Å². The Bertz CT molecular complexity index is 574. The van der Waals surface area contributed by atoms with Gasteiger partial charge in [0, 0.05) is 18.0 Å². The van der Waals surface area contributed by atoms with Gasteiger partial charge in [-0.1, -0.05) is 29.6 Å². The Morgan fingerprint density at radius 1 is 1.35 bits per heavy atom. The summed E-state index contributed by atoms with van der Waals surface area (Å²) < 4.78 is 3.64. The summed E-state index contributed by atoms with van der Waals surface area (Å²) in [5, 5.41) is 7.54. The van der Waals surface area contributed by atoms with Gasteiger partial charge in [0.25, 0.3) is 0 Å². The Labute approximate surface area is 119 Å². The van der Waals surface area contributed by atoms with Gasteiger partial charge in [-0.2, -0.15) is 0 Å². The second-order valence-electron chi connectivity index (χ2n) is 3.66. The van der Waals surface area contributed by atoms with Crippen molar-refractivity contribution in [2.75, 3.05) is 10.4 Å². The van der Waals surface area contributed by atoms with Gasteiger partial charge in [0.05, 0.1) is 11.9 Å². The zero-order chi connectivity index (χ0) is 14.4. The van der Waals surface area contributed by atoms with Crippen molar-refractivity contribution in [1.29, 1.82) is 0 Å². The van der Waals surface area contributed by atoms with E-state index in [1.54, 1.807) is 37.3 Å². The minimum Gasteiger partial charge on any atom is -0.332 e. The molecule has 8 heteroatoms. The molecule has 1 N–H and O–H groups in total. The van der Waals surface area contributed by atoms with Crippen molar-refractivity contribution < 1.29 is 14.4 Å². The van der Waals surface area contributed by atoms with E-state index in [2.05, 4.69) is 14.9 Å². The molecule has 0 radical (unpaired) electrons. The molecule has 104 valence electrons. The summed E-state index contributed by atoms with van der Waals surface area (Å²) in [7, 11) is 0. The van der Waals surface area contributed by atoms with Gasteiger partial charge in [0.2, 0.25) is 0 Å². The van der Waals surface area contributed by atoms with Crippen molar-refractivity contribution >= 4 is 34.2 Å². The minimum absolute atomic E-state index is 0.165. The van der Waals surface area contributed by atoms with Crippen molar-refractivity contribution in [1.82, 2.24) is 9.59 Å². The average molecular weight is 292 g/mol. The molecule has 0 atom stereocenters. The standard InChI is InChI=1S/C12H12N4O3S/c1-2-11(17)19-16(9-6-4-3-5-7-9)12(18)14-10-8-13-15-20-10/h3-8H,2H2,1H3,(H,14,18). The van der Waals surface area contributed by atoms with Gasteiger partial charge in [-0.15, -0.1) is 10.2 Å². The predicted molar refractivity (Wildman–Crippen MR) is 74.2 cm³/mol. The third kappa shape index (κ3) is 3.51. The molecule has 7 nitrogen and oxygen atoms in total. The Balaban J connectivity index is 2.17. The summed E-state index contributed by atoms with van der Waals surface area (Å²) in [6.45, 7) is 1.65. The lowest BCUT2D eigenvalue weighted by Crippen LogP contribution is -2.36. The van der Waals surface area contributed by atoms with Gasteiger partial charge in [0.15, 0.2) is 0 Å². The zero-order valence-corrected chi connectivity index (χ0v) is 11.5. The molecule has 1 heterocycles. The largest absolute Gasteiger partial charge is 0.360 e. The molecule has 2 amide bonds. The van der Waals surface area contributed by atoms with E-state index < -0.39 is 12.0 Å². The molecule has 0 aliphatic heterocycles. The van der Waals surface area contributed by atoms with Crippen LogP contribution in [0.5, 0.6) is 0 Å². The van der Waals surface area contributed by atoms with Gasteiger partial charge < -0.3 is 4.84 Å². The number of nitrogens with zero attached hydrogens (tertiary/aromatic N) is 3.